The Balaban J connectivity index is 1.69. The second kappa shape index (κ2) is 9.19. The Hall–Kier alpha value is -2.38. The summed E-state index contributed by atoms with van der Waals surface area (Å²) in [5, 5.41) is 7.52. The van der Waals surface area contributed by atoms with E-state index in [1.54, 1.807) is 41.8 Å². The number of rotatable bonds is 7. The summed E-state index contributed by atoms with van der Waals surface area (Å²) >= 11 is 7.09. The molecule has 0 saturated heterocycles. The van der Waals surface area contributed by atoms with Crippen LogP contribution in [-0.2, 0) is 14.3 Å². The molecule has 0 saturated carbocycles. The molecule has 2 aromatic rings. The second-order valence-corrected chi connectivity index (χ2v) is 6.55. The van der Waals surface area contributed by atoms with Gasteiger partial charge >= 0.3 is 5.97 Å². The summed E-state index contributed by atoms with van der Waals surface area (Å²) in [4.78, 5) is 35.6. The predicted octanol–water partition coefficient (Wildman–Crippen LogP) is 2.55. The zero-order valence-corrected chi connectivity index (χ0v) is 15.0. The molecule has 1 aromatic heterocycles. The minimum Gasteiger partial charge on any atom is -0.454 e. The number of esters is 1. The van der Waals surface area contributed by atoms with Crippen molar-refractivity contribution in [3.05, 3.63) is 57.2 Å². The minimum absolute atomic E-state index is 0.248. The van der Waals surface area contributed by atoms with Gasteiger partial charge in [-0.1, -0.05) is 29.8 Å². The Morgan fingerprint density at radius 2 is 1.92 bits per heavy atom. The van der Waals surface area contributed by atoms with Crippen molar-refractivity contribution in [3.63, 3.8) is 0 Å². The minimum atomic E-state index is -0.681. The number of ether oxygens (including phenoxy) is 1. The average Bonchev–Trinajstić information content (AvgIpc) is 3.13. The molecule has 0 fully saturated rings. The molecule has 25 heavy (non-hydrogen) atoms. The molecule has 132 valence electrons. The SMILES string of the molecule is C[C@H](NC(=O)COC(=O)CNC(=O)c1cccs1)c1ccc(Cl)cc1. The molecular formula is C17H17ClN2O4S. The van der Waals surface area contributed by atoms with Crippen LogP contribution in [0.5, 0.6) is 0 Å². The number of carbonyl (C=O) groups excluding carboxylic acids is 3. The summed E-state index contributed by atoms with van der Waals surface area (Å²) in [6, 6.07) is 10.2. The first-order chi connectivity index (χ1) is 12.0. The number of amides is 2. The van der Waals surface area contributed by atoms with Gasteiger partial charge in [-0.15, -0.1) is 11.3 Å². The molecule has 2 N–H and O–H groups in total. The van der Waals surface area contributed by atoms with Gasteiger partial charge in [0.1, 0.15) is 6.54 Å². The van der Waals surface area contributed by atoms with Gasteiger partial charge in [-0.05, 0) is 36.1 Å². The van der Waals surface area contributed by atoms with E-state index in [2.05, 4.69) is 10.6 Å². The van der Waals surface area contributed by atoms with Gasteiger partial charge in [0.15, 0.2) is 6.61 Å². The van der Waals surface area contributed by atoms with Gasteiger partial charge in [-0.3, -0.25) is 14.4 Å². The number of halogens is 1. The highest BCUT2D eigenvalue weighted by molar-refractivity contribution is 7.12. The Morgan fingerprint density at radius 3 is 2.56 bits per heavy atom. The van der Waals surface area contributed by atoms with E-state index in [9.17, 15) is 14.4 Å². The maximum atomic E-state index is 11.8. The van der Waals surface area contributed by atoms with E-state index in [0.29, 0.717) is 9.90 Å². The van der Waals surface area contributed by atoms with E-state index in [4.69, 9.17) is 16.3 Å². The first kappa shape index (κ1) is 19.0. The van der Waals surface area contributed by atoms with Gasteiger partial charge in [-0.2, -0.15) is 0 Å². The van der Waals surface area contributed by atoms with Crippen LogP contribution < -0.4 is 10.6 Å². The van der Waals surface area contributed by atoms with Crippen LogP contribution >= 0.6 is 22.9 Å². The third-order valence-electron chi connectivity index (χ3n) is 3.25. The number of carbonyl (C=O) groups is 3. The molecule has 0 unspecified atom stereocenters. The molecule has 0 spiro atoms. The quantitative estimate of drug-likeness (QED) is 0.723. The Labute approximate surface area is 154 Å². The van der Waals surface area contributed by atoms with E-state index in [-0.39, 0.29) is 18.5 Å². The van der Waals surface area contributed by atoms with Crippen molar-refractivity contribution in [1.29, 1.82) is 0 Å². The fourth-order valence-electron chi connectivity index (χ4n) is 1.96. The first-order valence-corrected chi connectivity index (χ1v) is 8.73. The summed E-state index contributed by atoms with van der Waals surface area (Å²) in [5.74, 6) is -1.47. The van der Waals surface area contributed by atoms with E-state index in [0.717, 1.165) is 5.56 Å². The monoisotopic (exact) mass is 380 g/mol. The summed E-state index contributed by atoms with van der Waals surface area (Å²) in [7, 11) is 0. The Bertz CT molecular complexity index is 732. The zero-order chi connectivity index (χ0) is 18.2. The third-order valence-corrected chi connectivity index (χ3v) is 4.37. The van der Waals surface area contributed by atoms with E-state index in [1.807, 2.05) is 6.92 Å². The lowest BCUT2D eigenvalue weighted by atomic mass is 10.1. The van der Waals surface area contributed by atoms with E-state index < -0.39 is 18.5 Å². The van der Waals surface area contributed by atoms with Gasteiger partial charge in [-0.25, -0.2) is 0 Å². The lowest BCUT2D eigenvalue weighted by molar-refractivity contribution is -0.147. The van der Waals surface area contributed by atoms with Crippen molar-refractivity contribution in [2.45, 2.75) is 13.0 Å². The molecule has 0 aliphatic heterocycles. The molecule has 0 bridgehead atoms. The predicted molar refractivity (Wildman–Crippen MR) is 95.6 cm³/mol. The highest BCUT2D eigenvalue weighted by Crippen LogP contribution is 2.15. The Kier molecular flexibility index (Phi) is 6.97. The average molecular weight is 381 g/mol. The third kappa shape index (κ3) is 6.21. The molecule has 8 heteroatoms. The maximum Gasteiger partial charge on any atom is 0.325 e. The van der Waals surface area contributed by atoms with Gasteiger partial charge in [0, 0.05) is 5.02 Å². The van der Waals surface area contributed by atoms with Crippen molar-refractivity contribution in [2.24, 2.45) is 0 Å². The van der Waals surface area contributed by atoms with Crippen molar-refractivity contribution >= 4 is 40.7 Å². The molecule has 1 aromatic carbocycles. The van der Waals surface area contributed by atoms with E-state index >= 15 is 0 Å². The molecule has 0 radical (unpaired) electrons. The number of nitrogens with one attached hydrogen (secondary N) is 2. The molecule has 0 aliphatic carbocycles. The number of thiophene rings is 1. The van der Waals surface area contributed by atoms with Crippen LogP contribution in [0.1, 0.15) is 28.2 Å². The summed E-state index contributed by atoms with van der Waals surface area (Å²) < 4.78 is 4.84. The van der Waals surface area contributed by atoms with Gasteiger partial charge < -0.3 is 15.4 Å². The number of hydrogen-bond acceptors (Lipinski definition) is 5. The smallest absolute Gasteiger partial charge is 0.325 e. The number of benzene rings is 1. The fourth-order valence-corrected chi connectivity index (χ4v) is 2.73. The molecular weight excluding hydrogens is 364 g/mol. The highest BCUT2D eigenvalue weighted by Gasteiger charge is 2.13. The first-order valence-electron chi connectivity index (χ1n) is 7.48. The summed E-state index contributed by atoms with van der Waals surface area (Å²) in [6.45, 7) is 1.10. The molecule has 2 rings (SSSR count). The molecule has 1 atom stereocenters. The van der Waals surface area contributed by atoms with Gasteiger partial charge in [0.05, 0.1) is 10.9 Å². The van der Waals surface area contributed by atoms with Crippen molar-refractivity contribution < 1.29 is 19.1 Å². The zero-order valence-electron chi connectivity index (χ0n) is 13.5. The van der Waals surface area contributed by atoms with E-state index in [1.165, 1.54) is 11.3 Å². The normalized spacial score (nSPS) is 11.4. The van der Waals surface area contributed by atoms with Crippen molar-refractivity contribution in [2.75, 3.05) is 13.2 Å². The topological polar surface area (TPSA) is 84.5 Å². The summed E-state index contributed by atoms with van der Waals surface area (Å²) in [5.41, 5.74) is 0.882. The van der Waals surface area contributed by atoms with Gasteiger partial charge in [0.25, 0.3) is 11.8 Å². The highest BCUT2D eigenvalue weighted by atomic mass is 35.5. The maximum absolute atomic E-state index is 11.8. The van der Waals surface area contributed by atoms with Crippen molar-refractivity contribution in [3.8, 4) is 0 Å². The molecule has 2 amide bonds. The van der Waals surface area contributed by atoms with Crippen LogP contribution in [0.3, 0.4) is 0 Å². The number of hydrogen-bond donors (Lipinski definition) is 2. The van der Waals surface area contributed by atoms with Crippen LogP contribution in [-0.4, -0.2) is 30.9 Å². The van der Waals surface area contributed by atoms with Crippen LogP contribution in [0.4, 0.5) is 0 Å². The standard InChI is InChI=1S/C17H17ClN2O4S/c1-11(12-4-6-13(18)7-5-12)20-15(21)10-24-16(22)9-19-17(23)14-3-2-8-25-14/h2-8,11H,9-10H2,1H3,(H,19,23)(H,20,21)/t11-/m0/s1. The van der Waals surface area contributed by atoms with Crippen LogP contribution in [0.25, 0.3) is 0 Å². The molecule has 0 aliphatic rings. The largest absolute Gasteiger partial charge is 0.454 e. The molecule has 1 heterocycles. The lowest BCUT2D eigenvalue weighted by Gasteiger charge is -2.14. The lowest BCUT2D eigenvalue weighted by Crippen LogP contribution is -2.34. The van der Waals surface area contributed by atoms with Crippen molar-refractivity contribution in [1.82, 2.24) is 10.6 Å². The van der Waals surface area contributed by atoms with Gasteiger partial charge in [0.2, 0.25) is 0 Å². The Morgan fingerprint density at radius 1 is 1.20 bits per heavy atom. The summed E-state index contributed by atoms with van der Waals surface area (Å²) in [6.07, 6.45) is 0. The molecule has 6 nitrogen and oxygen atoms in total. The second-order valence-electron chi connectivity index (χ2n) is 5.16. The van der Waals surface area contributed by atoms with Crippen LogP contribution in [0, 0.1) is 0 Å². The fraction of sp³-hybridized carbons (Fsp3) is 0.235. The van der Waals surface area contributed by atoms with Crippen LogP contribution in [0.15, 0.2) is 41.8 Å². The van der Waals surface area contributed by atoms with Crippen LogP contribution in [0.2, 0.25) is 5.02 Å².